The van der Waals surface area contributed by atoms with Gasteiger partial charge in [-0.3, -0.25) is 0 Å². The van der Waals surface area contributed by atoms with Crippen LogP contribution in [0.5, 0.6) is 0 Å². The van der Waals surface area contributed by atoms with Crippen molar-refractivity contribution in [3.63, 3.8) is 0 Å². The molecule has 0 aromatic heterocycles. The van der Waals surface area contributed by atoms with Gasteiger partial charge in [-0.1, -0.05) is 39.5 Å². The molecule has 0 saturated heterocycles. The molecule has 0 spiro atoms. The van der Waals surface area contributed by atoms with E-state index in [1.807, 2.05) is 13.8 Å². The average molecular weight is 282 g/mol. The fourth-order valence-electron chi connectivity index (χ4n) is 2.82. The summed E-state index contributed by atoms with van der Waals surface area (Å²) in [5.41, 5.74) is -0.495. The van der Waals surface area contributed by atoms with E-state index >= 15 is 0 Å². The summed E-state index contributed by atoms with van der Waals surface area (Å²) in [6.45, 7) is 6.23. The second-order valence-corrected chi connectivity index (χ2v) is 6.23. The topological polar surface area (TPSA) is 63.6 Å². The van der Waals surface area contributed by atoms with E-state index in [2.05, 4.69) is 6.92 Å². The van der Waals surface area contributed by atoms with E-state index in [1.54, 1.807) is 0 Å². The Labute approximate surface area is 121 Å². The van der Waals surface area contributed by atoms with Crippen LogP contribution < -0.4 is 0 Å². The highest BCUT2D eigenvalue weighted by molar-refractivity contribution is 5.90. The Morgan fingerprint density at radius 2 is 1.85 bits per heavy atom. The van der Waals surface area contributed by atoms with E-state index in [9.17, 15) is 9.59 Å². The minimum absolute atomic E-state index is 0.495. The number of hydrogen-bond acceptors (Lipinski definition) is 3. The average Bonchev–Trinajstić information content (AvgIpc) is 2.39. The fraction of sp³-hybridized carbons (Fsp3) is 0.750. The van der Waals surface area contributed by atoms with Crippen molar-refractivity contribution in [3.8, 4) is 0 Å². The lowest BCUT2D eigenvalue weighted by molar-refractivity contribution is -0.154. The molecule has 0 aromatic carbocycles. The van der Waals surface area contributed by atoms with Crippen molar-refractivity contribution in [3.05, 3.63) is 12.2 Å². The smallest absolute Gasteiger partial charge is 0.331 e. The van der Waals surface area contributed by atoms with Gasteiger partial charge in [-0.25, -0.2) is 9.59 Å². The lowest BCUT2D eigenvalue weighted by Gasteiger charge is -2.35. The normalized spacial score (nSPS) is 26.1. The highest BCUT2D eigenvalue weighted by Gasteiger charge is 2.31. The first kappa shape index (κ1) is 16.7. The number of aliphatic carboxylic acids is 1. The van der Waals surface area contributed by atoms with Crippen molar-refractivity contribution in [2.45, 2.75) is 64.9 Å². The van der Waals surface area contributed by atoms with Gasteiger partial charge in [-0.05, 0) is 31.6 Å². The Hall–Kier alpha value is -1.32. The molecule has 1 aliphatic carbocycles. The van der Waals surface area contributed by atoms with E-state index in [0.717, 1.165) is 30.9 Å². The lowest BCUT2D eigenvalue weighted by atomic mass is 9.77. The van der Waals surface area contributed by atoms with E-state index in [1.165, 1.54) is 25.7 Å². The summed E-state index contributed by atoms with van der Waals surface area (Å²) in [7, 11) is 0. The standard InChI is InChI=1S/C16H26O4/c1-4-16(3,20-15(19)10-9-14(17)18)11-13-7-5-12(2)6-8-13/h9-10,12-13H,4-8,11H2,1-3H3,(H,17,18)/b10-9+. The van der Waals surface area contributed by atoms with Crippen molar-refractivity contribution in [2.75, 3.05) is 0 Å². The molecule has 20 heavy (non-hydrogen) atoms. The molecule has 1 rings (SSSR count). The summed E-state index contributed by atoms with van der Waals surface area (Å²) in [6, 6.07) is 0. The Kier molecular flexibility index (Phi) is 6.24. The number of ether oxygens (including phenoxy) is 1. The fourth-order valence-corrected chi connectivity index (χ4v) is 2.82. The zero-order valence-corrected chi connectivity index (χ0v) is 12.7. The van der Waals surface area contributed by atoms with Gasteiger partial charge in [0.05, 0.1) is 0 Å². The second kappa shape index (κ2) is 7.46. The van der Waals surface area contributed by atoms with Crippen molar-refractivity contribution in [2.24, 2.45) is 11.8 Å². The zero-order valence-electron chi connectivity index (χ0n) is 12.7. The third-order valence-corrected chi connectivity index (χ3v) is 4.31. The van der Waals surface area contributed by atoms with Crippen LogP contribution in [0.15, 0.2) is 12.2 Å². The SMILES string of the molecule is CCC(C)(CC1CCC(C)CC1)OC(=O)/C=C/C(=O)O. The van der Waals surface area contributed by atoms with Crippen molar-refractivity contribution >= 4 is 11.9 Å². The Balaban J connectivity index is 2.53. The van der Waals surface area contributed by atoms with Gasteiger partial charge in [0.1, 0.15) is 5.60 Å². The van der Waals surface area contributed by atoms with Gasteiger partial charge in [0.15, 0.2) is 0 Å². The number of carboxylic acids is 1. The monoisotopic (exact) mass is 282 g/mol. The Morgan fingerprint density at radius 3 is 2.35 bits per heavy atom. The van der Waals surface area contributed by atoms with Crippen LogP contribution in [0.25, 0.3) is 0 Å². The Morgan fingerprint density at radius 1 is 1.25 bits per heavy atom. The van der Waals surface area contributed by atoms with Crippen LogP contribution in [0.2, 0.25) is 0 Å². The van der Waals surface area contributed by atoms with Crippen molar-refractivity contribution < 1.29 is 19.4 Å². The Bertz CT molecular complexity index is 367. The van der Waals surface area contributed by atoms with Gasteiger partial charge in [-0.15, -0.1) is 0 Å². The number of carbonyl (C=O) groups is 2. The largest absolute Gasteiger partial charge is 0.478 e. The molecule has 4 nitrogen and oxygen atoms in total. The first-order valence-corrected chi connectivity index (χ1v) is 7.48. The van der Waals surface area contributed by atoms with E-state index in [0.29, 0.717) is 5.92 Å². The molecule has 0 aromatic rings. The summed E-state index contributed by atoms with van der Waals surface area (Å²) < 4.78 is 5.48. The molecular weight excluding hydrogens is 256 g/mol. The molecule has 0 bridgehead atoms. The molecule has 0 radical (unpaired) electrons. The summed E-state index contributed by atoms with van der Waals surface area (Å²) in [5, 5.41) is 8.51. The van der Waals surface area contributed by atoms with Crippen LogP contribution in [-0.2, 0) is 14.3 Å². The van der Waals surface area contributed by atoms with Crippen molar-refractivity contribution in [1.29, 1.82) is 0 Å². The van der Waals surface area contributed by atoms with E-state index in [4.69, 9.17) is 9.84 Å². The molecule has 1 unspecified atom stereocenters. The maximum Gasteiger partial charge on any atom is 0.331 e. The predicted octanol–water partition coefficient (Wildman–Crippen LogP) is 3.56. The maximum absolute atomic E-state index is 11.6. The summed E-state index contributed by atoms with van der Waals surface area (Å²) in [5.74, 6) is -0.296. The second-order valence-electron chi connectivity index (χ2n) is 6.23. The lowest BCUT2D eigenvalue weighted by Crippen LogP contribution is -2.34. The first-order valence-electron chi connectivity index (χ1n) is 7.48. The van der Waals surface area contributed by atoms with E-state index < -0.39 is 17.5 Å². The minimum atomic E-state index is -1.14. The van der Waals surface area contributed by atoms with Crippen molar-refractivity contribution in [1.82, 2.24) is 0 Å². The maximum atomic E-state index is 11.6. The summed E-state index contributed by atoms with van der Waals surface area (Å²) in [4.78, 5) is 22.0. The first-order chi connectivity index (χ1) is 9.34. The molecule has 0 amide bonds. The molecular formula is C16H26O4. The number of hydrogen-bond donors (Lipinski definition) is 1. The third-order valence-electron chi connectivity index (χ3n) is 4.31. The van der Waals surface area contributed by atoms with Gasteiger partial charge in [0.25, 0.3) is 0 Å². The van der Waals surface area contributed by atoms with Gasteiger partial charge in [-0.2, -0.15) is 0 Å². The quantitative estimate of drug-likeness (QED) is 0.597. The van der Waals surface area contributed by atoms with Crippen LogP contribution in [0, 0.1) is 11.8 Å². The number of carboxylic acid groups (broad SMARTS) is 1. The minimum Gasteiger partial charge on any atom is -0.478 e. The molecule has 1 atom stereocenters. The van der Waals surface area contributed by atoms with Crippen LogP contribution in [0.4, 0.5) is 0 Å². The molecule has 0 heterocycles. The number of carbonyl (C=O) groups excluding carboxylic acids is 1. The molecule has 1 N–H and O–H groups in total. The highest BCUT2D eigenvalue weighted by Crippen LogP contribution is 2.35. The third kappa shape index (κ3) is 5.76. The van der Waals surface area contributed by atoms with Gasteiger partial charge >= 0.3 is 11.9 Å². The highest BCUT2D eigenvalue weighted by atomic mass is 16.6. The molecule has 1 fully saturated rings. The number of rotatable bonds is 6. The molecule has 114 valence electrons. The van der Waals surface area contributed by atoms with Gasteiger partial charge in [0, 0.05) is 12.2 Å². The van der Waals surface area contributed by atoms with Gasteiger partial charge in [0.2, 0.25) is 0 Å². The van der Waals surface area contributed by atoms with Gasteiger partial charge < -0.3 is 9.84 Å². The van der Waals surface area contributed by atoms with Crippen LogP contribution in [0.1, 0.15) is 59.3 Å². The predicted molar refractivity (Wildman–Crippen MR) is 77.3 cm³/mol. The molecule has 0 aliphatic heterocycles. The van der Waals surface area contributed by atoms with Crippen LogP contribution >= 0.6 is 0 Å². The zero-order chi connectivity index (χ0) is 15.2. The van der Waals surface area contributed by atoms with E-state index in [-0.39, 0.29) is 0 Å². The molecule has 4 heteroatoms. The molecule has 1 aliphatic rings. The molecule has 1 saturated carbocycles. The van der Waals surface area contributed by atoms with Crippen LogP contribution in [0.3, 0.4) is 0 Å². The summed E-state index contributed by atoms with van der Waals surface area (Å²) in [6.07, 6.45) is 8.29. The summed E-state index contributed by atoms with van der Waals surface area (Å²) >= 11 is 0. The van der Waals surface area contributed by atoms with Crippen LogP contribution in [-0.4, -0.2) is 22.6 Å². The number of esters is 1.